The Balaban J connectivity index is 1.31. The number of alkyl carbamates (subject to hydrolysis) is 1. The fourth-order valence-electron chi connectivity index (χ4n) is 8.09. The lowest BCUT2D eigenvalue weighted by Crippen LogP contribution is -2.57. The molecule has 274 valence electrons. The van der Waals surface area contributed by atoms with Gasteiger partial charge in [0, 0.05) is 55.2 Å². The maximum absolute atomic E-state index is 17.1. The first-order chi connectivity index (χ1) is 24.9. The number of alkyl halides is 1. The number of pyridine rings is 1. The lowest BCUT2D eigenvalue weighted by Gasteiger charge is -2.42. The van der Waals surface area contributed by atoms with Crippen molar-refractivity contribution in [3.63, 3.8) is 0 Å². The molecule has 3 aliphatic rings. The number of piperidine rings is 1. The molecule has 3 saturated heterocycles. The number of hydrogen-bond acceptors (Lipinski definition) is 9. The number of benzene rings is 2. The van der Waals surface area contributed by atoms with Crippen LogP contribution >= 0.6 is 0 Å². The number of nitrogens with zero attached hydrogens (tertiary/aromatic N) is 5. The third-order valence-electron chi connectivity index (χ3n) is 10.3. The Labute approximate surface area is 302 Å². The highest BCUT2D eigenvalue weighted by molar-refractivity contribution is 6.02. The molecule has 7 rings (SSSR count). The van der Waals surface area contributed by atoms with E-state index >= 15 is 4.39 Å². The number of aromatic nitrogens is 3. The molecule has 12 heteroatoms. The van der Waals surface area contributed by atoms with Gasteiger partial charge in [0.2, 0.25) is 0 Å². The van der Waals surface area contributed by atoms with E-state index in [1.54, 1.807) is 6.20 Å². The van der Waals surface area contributed by atoms with Gasteiger partial charge in [-0.25, -0.2) is 13.6 Å². The number of rotatable bonds is 7. The number of carbonyl (C=O) groups is 1. The third-order valence-corrected chi connectivity index (χ3v) is 10.3. The zero-order valence-electron chi connectivity index (χ0n) is 30.3. The number of carbonyl (C=O) groups excluding carboxylic acids is 1. The maximum Gasteiger partial charge on any atom is 0.408 e. The van der Waals surface area contributed by atoms with Crippen molar-refractivity contribution in [2.45, 2.75) is 89.1 Å². The van der Waals surface area contributed by atoms with Crippen molar-refractivity contribution < 1.29 is 28.2 Å². The first kappa shape index (κ1) is 35.8. The van der Waals surface area contributed by atoms with Crippen LogP contribution in [0, 0.1) is 17.7 Å². The molecule has 10 nitrogen and oxygen atoms in total. The largest absolute Gasteiger partial charge is 0.461 e. The molecule has 2 N–H and O–H groups in total. The summed E-state index contributed by atoms with van der Waals surface area (Å²) in [5.41, 5.74) is -0.353. The number of halogens is 2. The van der Waals surface area contributed by atoms with Crippen LogP contribution in [0.1, 0.15) is 71.8 Å². The highest BCUT2D eigenvalue weighted by atomic mass is 19.1. The Hall–Kier alpha value is -4.60. The Morgan fingerprint density at radius 1 is 1.13 bits per heavy atom. The van der Waals surface area contributed by atoms with Gasteiger partial charge in [0.05, 0.1) is 23.1 Å². The van der Waals surface area contributed by atoms with E-state index in [1.807, 2.05) is 69.0 Å². The summed E-state index contributed by atoms with van der Waals surface area (Å²) in [7, 11) is 0. The number of amides is 1. The van der Waals surface area contributed by atoms with Gasteiger partial charge in [-0.1, -0.05) is 42.2 Å². The van der Waals surface area contributed by atoms with Crippen molar-refractivity contribution in [1.82, 2.24) is 25.2 Å². The number of ether oxygens (including phenoxy) is 2. The molecule has 0 unspecified atom stereocenters. The molecular formula is C40H46F2N6O4. The monoisotopic (exact) mass is 712 g/mol. The summed E-state index contributed by atoms with van der Waals surface area (Å²) in [6.45, 7) is 9.72. The van der Waals surface area contributed by atoms with Gasteiger partial charge in [0.1, 0.15) is 35.4 Å². The number of aliphatic hydroxyl groups excluding tert-OH is 1. The van der Waals surface area contributed by atoms with Gasteiger partial charge in [-0.15, -0.1) is 0 Å². The number of anilines is 1. The van der Waals surface area contributed by atoms with E-state index in [4.69, 9.17) is 14.5 Å². The van der Waals surface area contributed by atoms with Gasteiger partial charge < -0.3 is 24.8 Å². The second-order valence-electron chi connectivity index (χ2n) is 15.6. The molecule has 2 aromatic heterocycles. The van der Waals surface area contributed by atoms with Crippen LogP contribution in [-0.4, -0.2) is 93.3 Å². The van der Waals surface area contributed by atoms with E-state index in [-0.39, 0.29) is 30.4 Å². The molecule has 3 atom stereocenters. The summed E-state index contributed by atoms with van der Waals surface area (Å²) in [6.07, 6.45) is 4.06. The average molecular weight is 713 g/mol. The van der Waals surface area contributed by atoms with Crippen LogP contribution in [0.2, 0.25) is 0 Å². The molecule has 0 saturated carbocycles. The van der Waals surface area contributed by atoms with Crippen molar-refractivity contribution in [3.05, 3.63) is 54.0 Å². The first-order valence-corrected chi connectivity index (χ1v) is 18.1. The number of aliphatic hydroxyl groups is 1. The molecule has 3 fully saturated rings. The minimum atomic E-state index is -0.925. The summed E-state index contributed by atoms with van der Waals surface area (Å²) in [6, 6.07) is 11.3. The molecule has 0 radical (unpaired) electrons. The van der Waals surface area contributed by atoms with Crippen LogP contribution < -0.4 is 15.0 Å². The molecule has 4 aromatic rings. The zero-order valence-corrected chi connectivity index (χ0v) is 30.3. The van der Waals surface area contributed by atoms with Gasteiger partial charge in [0.15, 0.2) is 5.82 Å². The van der Waals surface area contributed by atoms with E-state index < -0.39 is 34.8 Å². The zero-order chi connectivity index (χ0) is 36.7. The Kier molecular flexibility index (Phi) is 9.69. The molecule has 0 bridgehead atoms. The van der Waals surface area contributed by atoms with Crippen LogP contribution in [0.25, 0.3) is 32.9 Å². The minimum Gasteiger partial charge on any atom is -0.461 e. The second kappa shape index (κ2) is 14.1. The van der Waals surface area contributed by atoms with Crippen LogP contribution in [0.5, 0.6) is 6.01 Å². The molecule has 2 aromatic carbocycles. The lowest BCUT2D eigenvalue weighted by atomic mass is 9.91. The molecule has 1 amide bonds. The van der Waals surface area contributed by atoms with Gasteiger partial charge in [-0.2, -0.15) is 9.97 Å². The van der Waals surface area contributed by atoms with Gasteiger partial charge in [-0.3, -0.25) is 9.88 Å². The molecule has 0 spiro atoms. The van der Waals surface area contributed by atoms with E-state index in [2.05, 4.69) is 32.0 Å². The minimum absolute atomic E-state index is 0.00272. The standard InChI is InChI=1S/C40H46F2N6O4/c1-38(2,3)52-37(50)46-39(4)16-9-18-47(24-39)35-30-22-43-33(29-15-8-14-27-13-7-12-26(31(27)29)11-5-6-20-49)32(42)34(30)44-36(45-35)51-25-40-17-10-19-48(40)23-28(41)21-40/h7-8,12-15,22,28,49H,6,9-10,16-21,23-25H2,1-4H3,(H,46,50)/t28-,39-,40+/m1/s1. The van der Waals surface area contributed by atoms with E-state index in [0.717, 1.165) is 36.6 Å². The highest BCUT2D eigenvalue weighted by Gasteiger charge is 2.49. The summed E-state index contributed by atoms with van der Waals surface area (Å²) >= 11 is 0. The van der Waals surface area contributed by atoms with Crippen molar-refractivity contribution in [3.8, 4) is 29.1 Å². The molecule has 5 heterocycles. The topological polar surface area (TPSA) is 113 Å². The predicted octanol–water partition coefficient (Wildman–Crippen LogP) is 6.56. The van der Waals surface area contributed by atoms with Crippen molar-refractivity contribution in [2.75, 3.05) is 44.3 Å². The van der Waals surface area contributed by atoms with Gasteiger partial charge >= 0.3 is 12.1 Å². The van der Waals surface area contributed by atoms with Crippen molar-refractivity contribution >= 4 is 33.6 Å². The molecular weight excluding hydrogens is 666 g/mol. The van der Waals surface area contributed by atoms with Gasteiger partial charge in [0.25, 0.3) is 0 Å². The van der Waals surface area contributed by atoms with Crippen LogP contribution in [0.15, 0.2) is 42.6 Å². The SMILES string of the molecule is CC(C)(C)OC(=O)N[C@]1(C)CCCN(c2nc(OC[C@@]34CCCN3C[C@H](F)C4)nc3c(F)c(-c4cccc5cccc(C#CCCO)c45)ncc23)C1. The predicted molar refractivity (Wildman–Crippen MR) is 197 cm³/mol. The summed E-state index contributed by atoms with van der Waals surface area (Å²) in [5.74, 6) is 5.93. The van der Waals surface area contributed by atoms with Crippen LogP contribution in [0.4, 0.5) is 19.4 Å². The Morgan fingerprint density at radius 2 is 1.92 bits per heavy atom. The van der Waals surface area contributed by atoms with E-state index in [0.29, 0.717) is 61.2 Å². The summed E-state index contributed by atoms with van der Waals surface area (Å²) in [5, 5.41) is 14.4. The maximum atomic E-state index is 17.1. The van der Waals surface area contributed by atoms with Crippen molar-refractivity contribution in [2.24, 2.45) is 0 Å². The van der Waals surface area contributed by atoms with Gasteiger partial charge in [-0.05, 0) is 71.4 Å². The summed E-state index contributed by atoms with van der Waals surface area (Å²) in [4.78, 5) is 31.2. The molecule has 0 aliphatic carbocycles. The lowest BCUT2D eigenvalue weighted by molar-refractivity contribution is 0.0454. The molecule has 52 heavy (non-hydrogen) atoms. The van der Waals surface area contributed by atoms with Crippen molar-refractivity contribution in [1.29, 1.82) is 0 Å². The average Bonchev–Trinajstić information content (AvgIpc) is 3.62. The number of nitrogens with one attached hydrogen (secondary N) is 1. The first-order valence-electron chi connectivity index (χ1n) is 18.1. The quantitative estimate of drug-likeness (QED) is 0.206. The Morgan fingerprint density at radius 3 is 2.71 bits per heavy atom. The Bertz CT molecular complexity index is 2060. The van der Waals surface area contributed by atoms with E-state index in [1.165, 1.54) is 0 Å². The smallest absolute Gasteiger partial charge is 0.408 e. The molecule has 3 aliphatic heterocycles. The fourth-order valence-corrected chi connectivity index (χ4v) is 8.09. The van der Waals surface area contributed by atoms with Crippen LogP contribution in [-0.2, 0) is 4.74 Å². The second-order valence-corrected chi connectivity index (χ2v) is 15.6. The number of fused-ring (bicyclic) bond motifs is 3. The highest BCUT2D eigenvalue weighted by Crippen LogP contribution is 2.41. The van der Waals surface area contributed by atoms with Crippen LogP contribution in [0.3, 0.4) is 0 Å². The third kappa shape index (κ3) is 7.21. The summed E-state index contributed by atoms with van der Waals surface area (Å²) < 4.78 is 43.6. The number of hydrogen-bond donors (Lipinski definition) is 2. The normalized spacial score (nSPS) is 23.4. The fraction of sp³-hybridized carbons (Fsp3) is 0.500. The van der Waals surface area contributed by atoms with E-state index in [9.17, 15) is 14.3 Å².